The molecule has 0 fully saturated rings. The quantitative estimate of drug-likeness (QED) is 0.0265. The van der Waals surface area contributed by atoms with Gasteiger partial charge in [-0.1, -0.05) is 186 Å². The van der Waals surface area contributed by atoms with Gasteiger partial charge in [0, 0.05) is 19.3 Å². The van der Waals surface area contributed by atoms with Gasteiger partial charge in [-0.2, -0.15) is 0 Å². The summed E-state index contributed by atoms with van der Waals surface area (Å²) >= 11 is 0. The highest BCUT2D eigenvalue weighted by molar-refractivity contribution is 5.71. The van der Waals surface area contributed by atoms with E-state index in [1.54, 1.807) is 0 Å². The van der Waals surface area contributed by atoms with Crippen LogP contribution in [0.1, 0.15) is 245 Å². The van der Waals surface area contributed by atoms with E-state index in [-0.39, 0.29) is 31.1 Å². The SMILES string of the molecule is CCCCCC/C=C\C/C=C\CCCCCCCC(=O)OCC(COC(=O)CCCCCCCCCCC)OC(=O)CCCCCCC/C=C\CCCCCC. The fourth-order valence-electron chi connectivity index (χ4n) is 6.70. The first kappa shape index (κ1) is 53.6. The Balaban J connectivity index is 4.36. The number of carbonyl (C=O) groups is 3. The number of unbranched alkanes of at least 4 members (excludes halogenated alkanes) is 26. The van der Waals surface area contributed by atoms with E-state index in [9.17, 15) is 14.4 Å². The first-order valence-corrected chi connectivity index (χ1v) is 24.0. The second-order valence-corrected chi connectivity index (χ2v) is 16.0. The van der Waals surface area contributed by atoms with Gasteiger partial charge in [0.25, 0.3) is 0 Å². The Hall–Kier alpha value is -2.37. The average Bonchev–Trinajstić information content (AvgIpc) is 3.19. The third kappa shape index (κ3) is 42.8. The summed E-state index contributed by atoms with van der Waals surface area (Å²) in [6, 6.07) is 0. The van der Waals surface area contributed by atoms with Crippen LogP contribution in [-0.2, 0) is 28.6 Å². The molecule has 0 spiro atoms. The molecule has 1 unspecified atom stereocenters. The van der Waals surface area contributed by atoms with Gasteiger partial charge in [0.05, 0.1) is 0 Å². The number of carbonyl (C=O) groups excluding carboxylic acids is 3. The van der Waals surface area contributed by atoms with Gasteiger partial charge in [-0.3, -0.25) is 14.4 Å². The molecule has 0 aromatic carbocycles. The molecular formula is C50H90O6. The first-order chi connectivity index (χ1) is 27.5. The standard InChI is InChI=1S/C50H90O6/c1-4-7-10-13-16-19-21-23-24-25-27-28-31-34-37-40-43-49(52)55-46-47(45-54-48(51)42-39-36-33-30-18-15-12-9-6-3)56-50(53)44-41-38-35-32-29-26-22-20-17-14-11-8-5-2/h19-22,24-25,47H,4-18,23,26-46H2,1-3H3/b21-19-,22-20-,25-24-. The van der Waals surface area contributed by atoms with E-state index in [4.69, 9.17) is 14.2 Å². The minimum Gasteiger partial charge on any atom is -0.462 e. The van der Waals surface area contributed by atoms with E-state index in [1.807, 2.05) is 0 Å². The molecular weight excluding hydrogens is 697 g/mol. The van der Waals surface area contributed by atoms with Gasteiger partial charge in [0.2, 0.25) is 0 Å². The normalized spacial score (nSPS) is 12.3. The fourth-order valence-corrected chi connectivity index (χ4v) is 6.70. The molecule has 0 aromatic rings. The Morgan fingerprint density at radius 1 is 0.357 bits per heavy atom. The van der Waals surface area contributed by atoms with E-state index in [2.05, 4.69) is 57.2 Å². The van der Waals surface area contributed by atoms with Crippen molar-refractivity contribution in [3.63, 3.8) is 0 Å². The van der Waals surface area contributed by atoms with Crippen molar-refractivity contribution in [1.29, 1.82) is 0 Å². The maximum atomic E-state index is 12.7. The maximum absolute atomic E-state index is 12.7. The maximum Gasteiger partial charge on any atom is 0.306 e. The molecule has 0 heterocycles. The highest BCUT2D eigenvalue weighted by Crippen LogP contribution is 2.14. The molecule has 0 aliphatic carbocycles. The predicted molar refractivity (Wildman–Crippen MR) is 238 cm³/mol. The number of rotatable bonds is 43. The van der Waals surface area contributed by atoms with Crippen molar-refractivity contribution < 1.29 is 28.6 Å². The minimum atomic E-state index is -0.776. The lowest BCUT2D eigenvalue weighted by atomic mass is 10.1. The smallest absolute Gasteiger partial charge is 0.306 e. The van der Waals surface area contributed by atoms with Crippen LogP contribution in [0, 0.1) is 0 Å². The van der Waals surface area contributed by atoms with Gasteiger partial charge in [0.15, 0.2) is 6.10 Å². The Bertz CT molecular complexity index is 953. The molecule has 0 saturated heterocycles. The zero-order chi connectivity index (χ0) is 40.8. The number of ether oxygens (including phenoxy) is 3. The molecule has 1 atom stereocenters. The predicted octanol–water partition coefficient (Wildman–Crippen LogP) is 15.4. The molecule has 0 amide bonds. The monoisotopic (exact) mass is 787 g/mol. The van der Waals surface area contributed by atoms with E-state index in [0.29, 0.717) is 19.3 Å². The number of hydrogen-bond acceptors (Lipinski definition) is 6. The van der Waals surface area contributed by atoms with Crippen LogP contribution < -0.4 is 0 Å². The van der Waals surface area contributed by atoms with E-state index in [1.165, 1.54) is 116 Å². The lowest BCUT2D eigenvalue weighted by Crippen LogP contribution is -2.30. The highest BCUT2D eigenvalue weighted by Gasteiger charge is 2.19. The van der Waals surface area contributed by atoms with E-state index < -0.39 is 6.10 Å². The van der Waals surface area contributed by atoms with Crippen molar-refractivity contribution in [2.45, 2.75) is 252 Å². The van der Waals surface area contributed by atoms with Crippen LogP contribution >= 0.6 is 0 Å². The number of hydrogen-bond donors (Lipinski definition) is 0. The summed E-state index contributed by atoms with van der Waals surface area (Å²) in [4.78, 5) is 37.7. The van der Waals surface area contributed by atoms with Gasteiger partial charge >= 0.3 is 17.9 Å². The van der Waals surface area contributed by atoms with Crippen LogP contribution in [0.4, 0.5) is 0 Å². The molecule has 0 bridgehead atoms. The molecule has 6 nitrogen and oxygen atoms in total. The van der Waals surface area contributed by atoms with E-state index >= 15 is 0 Å². The Kier molecular flexibility index (Phi) is 43.4. The van der Waals surface area contributed by atoms with Crippen molar-refractivity contribution in [2.75, 3.05) is 13.2 Å². The van der Waals surface area contributed by atoms with Gasteiger partial charge in [-0.15, -0.1) is 0 Å². The van der Waals surface area contributed by atoms with Crippen molar-refractivity contribution in [3.05, 3.63) is 36.5 Å². The largest absolute Gasteiger partial charge is 0.462 e. The molecule has 0 N–H and O–H groups in total. The summed E-state index contributed by atoms with van der Waals surface area (Å²) < 4.78 is 16.7. The molecule has 56 heavy (non-hydrogen) atoms. The minimum absolute atomic E-state index is 0.0782. The van der Waals surface area contributed by atoms with Crippen LogP contribution in [0.2, 0.25) is 0 Å². The summed E-state index contributed by atoms with van der Waals surface area (Å²) in [5.74, 6) is -0.900. The lowest BCUT2D eigenvalue weighted by Gasteiger charge is -2.18. The van der Waals surface area contributed by atoms with Crippen LogP contribution in [0.5, 0.6) is 0 Å². The van der Waals surface area contributed by atoms with Crippen LogP contribution in [0.15, 0.2) is 36.5 Å². The lowest BCUT2D eigenvalue weighted by molar-refractivity contribution is -0.167. The Labute approximate surface area is 346 Å². The van der Waals surface area contributed by atoms with Crippen molar-refractivity contribution in [3.8, 4) is 0 Å². The molecule has 326 valence electrons. The van der Waals surface area contributed by atoms with Crippen molar-refractivity contribution in [2.24, 2.45) is 0 Å². The summed E-state index contributed by atoms with van der Waals surface area (Å²) in [6.45, 7) is 6.57. The van der Waals surface area contributed by atoms with Crippen molar-refractivity contribution >= 4 is 17.9 Å². The summed E-state index contributed by atoms with van der Waals surface area (Å²) in [7, 11) is 0. The van der Waals surface area contributed by atoms with Crippen molar-refractivity contribution in [1.82, 2.24) is 0 Å². The number of allylic oxidation sites excluding steroid dienone is 6. The Morgan fingerprint density at radius 2 is 0.643 bits per heavy atom. The topological polar surface area (TPSA) is 78.9 Å². The fraction of sp³-hybridized carbons (Fsp3) is 0.820. The van der Waals surface area contributed by atoms with Gasteiger partial charge in [-0.25, -0.2) is 0 Å². The molecule has 0 aliphatic rings. The second kappa shape index (κ2) is 45.3. The highest BCUT2D eigenvalue weighted by atomic mass is 16.6. The summed E-state index contributed by atoms with van der Waals surface area (Å²) in [5.41, 5.74) is 0. The van der Waals surface area contributed by atoms with Crippen LogP contribution in [0.25, 0.3) is 0 Å². The summed E-state index contributed by atoms with van der Waals surface area (Å²) in [5, 5.41) is 0. The Morgan fingerprint density at radius 3 is 1.02 bits per heavy atom. The second-order valence-electron chi connectivity index (χ2n) is 16.0. The summed E-state index contributed by atoms with van der Waals surface area (Å²) in [6.07, 6.45) is 51.2. The molecule has 0 aromatic heterocycles. The zero-order valence-electron chi connectivity index (χ0n) is 37.2. The molecule has 0 radical (unpaired) electrons. The van der Waals surface area contributed by atoms with Crippen LogP contribution in [0.3, 0.4) is 0 Å². The van der Waals surface area contributed by atoms with E-state index in [0.717, 1.165) is 89.9 Å². The van der Waals surface area contributed by atoms with Crippen LogP contribution in [-0.4, -0.2) is 37.2 Å². The van der Waals surface area contributed by atoms with Gasteiger partial charge in [-0.05, 0) is 77.0 Å². The number of esters is 3. The zero-order valence-corrected chi connectivity index (χ0v) is 37.2. The molecule has 6 heteroatoms. The first-order valence-electron chi connectivity index (χ1n) is 24.0. The molecule has 0 rings (SSSR count). The third-order valence-electron chi connectivity index (χ3n) is 10.4. The third-order valence-corrected chi connectivity index (χ3v) is 10.4. The van der Waals surface area contributed by atoms with Gasteiger partial charge < -0.3 is 14.2 Å². The molecule has 0 aliphatic heterocycles. The van der Waals surface area contributed by atoms with Gasteiger partial charge in [0.1, 0.15) is 13.2 Å². The molecule has 0 saturated carbocycles. The average molecular weight is 787 g/mol.